The summed E-state index contributed by atoms with van der Waals surface area (Å²) in [6, 6.07) is 3.64. The molecule has 1 rings (SSSR count). The SMILES string of the molecule is N#CCNS(=O)(=O)c1ccc(Cl)c([N+](=O)[O-])c1Cl. The molecule has 0 saturated heterocycles. The highest BCUT2D eigenvalue weighted by Crippen LogP contribution is 2.36. The largest absolute Gasteiger partial charge is 0.307 e. The van der Waals surface area contributed by atoms with Crippen molar-refractivity contribution >= 4 is 38.9 Å². The van der Waals surface area contributed by atoms with Crippen LogP contribution in [0.2, 0.25) is 10.0 Å². The third kappa shape index (κ3) is 2.88. The second-order valence-electron chi connectivity index (χ2n) is 2.95. The van der Waals surface area contributed by atoms with Gasteiger partial charge >= 0.3 is 5.69 Å². The first kappa shape index (κ1) is 14.7. The van der Waals surface area contributed by atoms with Gasteiger partial charge in [0.25, 0.3) is 0 Å². The molecule has 0 fully saturated rings. The summed E-state index contributed by atoms with van der Waals surface area (Å²) < 4.78 is 25.3. The average Bonchev–Trinajstić information content (AvgIpc) is 2.25. The third-order valence-corrected chi connectivity index (χ3v) is 4.09. The van der Waals surface area contributed by atoms with Crippen molar-refractivity contribution in [2.45, 2.75) is 4.90 Å². The smallest absolute Gasteiger partial charge is 0.258 e. The molecule has 10 heteroatoms. The topological polar surface area (TPSA) is 113 Å². The Morgan fingerprint density at radius 2 is 2.06 bits per heavy atom. The summed E-state index contributed by atoms with van der Waals surface area (Å²) in [5.74, 6) is 0. The minimum atomic E-state index is -4.09. The molecule has 0 aromatic heterocycles. The van der Waals surface area contributed by atoms with Crippen molar-refractivity contribution in [2.75, 3.05) is 6.54 Å². The molecule has 0 heterocycles. The lowest BCUT2D eigenvalue weighted by molar-refractivity contribution is -0.384. The minimum Gasteiger partial charge on any atom is -0.258 e. The van der Waals surface area contributed by atoms with Crippen LogP contribution in [0, 0.1) is 21.4 Å². The lowest BCUT2D eigenvalue weighted by Crippen LogP contribution is -2.24. The first-order chi connectivity index (χ1) is 8.31. The number of nitrogens with one attached hydrogen (secondary N) is 1. The molecular formula is C8H5Cl2N3O4S. The van der Waals surface area contributed by atoms with Crippen molar-refractivity contribution in [1.82, 2.24) is 4.72 Å². The van der Waals surface area contributed by atoms with Gasteiger partial charge in [0.15, 0.2) is 0 Å². The van der Waals surface area contributed by atoms with Gasteiger partial charge in [-0.3, -0.25) is 10.1 Å². The van der Waals surface area contributed by atoms with Gasteiger partial charge in [0, 0.05) is 0 Å². The van der Waals surface area contributed by atoms with Gasteiger partial charge in [-0.1, -0.05) is 23.2 Å². The van der Waals surface area contributed by atoms with Gasteiger partial charge in [-0.2, -0.15) is 9.98 Å². The van der Waals surface area contributed by atoms with E-state index >= 15 is 0 Å². The van der Waals surface area contributed by atoms with Crippen LogP contribution in [0.1, 0.15) is 0 Å². The number of hydrogen-bond donors (Lipinski definition) is 1. The van der Waals surface area contributed by atoms with Crippen molar-refractivity contribution in [3.8, 4) is 6.07 Å². The van der Waals surface area contributed by atoms with Crippen LogP contribution in [0.5, 0.6) is 0 Å². The molecule has 0 unspecified atom stereocenters. The summed E-state index contributed by atoms with van der Waals surface area (Å²) in [7, 11) is -4.09. The van der Waals surface area contributed by atoms with Crippen LogP contribution < -0.4 is 4.72 Å². The predicted octanol–water partition coefficient (Wildman–Crippen LogP) is 1.70. The van der Waals surface area contributed by atoms with Gasteiger partial charge in [-0.15, -0.1) is 0 Å². The first-order valence-electron chi connectivity index (χ1n) is 4.30. The predicted molar refractivity (Wildman–Crippen MR) is 63.9 cm³/mol. The van der Waals surface area contributed by atoms with Gasteiger partial charge in [0.2, 0.25) is 10.0 Å². The normalized spacial score (nSPS) is 10.9. The fourth-order valence-corrected chi connectivity index (χ4v) is 2.91. The average molecular weight is 310 g/mol. The molecule has 96 valence electrons. The molecule has 0 amide bonds. The summed E-state index contributed by atoms with van der Waals surface area (Å²) in [6.07, 6.45) is 0. The Morgan fingerprint density at radius 1 is 1.44 bits per heavy atom. The number of nitrogens with zero attached hydrogens (tertiary/aromatic N) is 2. The molecule has 0 bridgehead atoms. The Kier molecular flexibility index (Phi) is 4.48. The van der Waals surface area contributed by atoms with E-state index in [1.54, 1.807) is 6.07 Å². The Morgan fingerprint density at radius 3 is 2.56 bits per heavy atom. The van der Waals surface area contributed by atoms with E-state index in [9.17, 15) is 18.5 Å². The molecule has 18 heavy (non-hydrogen) atoms. The maximum atomic E-state index is 11.7. The molecule has 0 saturated carbocycles. The third-order valence-electron chi connectivity index (χ3n) is 1.84. The van der Waals surface area contributed by atoms with Crippen molar-refractivity contribution < 1.29 is 13.3 Å². The van der Waals surface area contributed by atoms with Crippen molar-refractivity contribution in [2.24, 2.45) is 0 Å². The summed E-state index contributed by atoms with van der Waals surface area (Å²) >= 11 is 11.2. The lowest BCUT2D eigenvalue weighted by Gasteiger charge is -2.06. The molecule has 0 aliphatic heterocycles. The zero-order valence-corrected chi connectivity index (χ0v) is 10.9. The van der Waals surface area contributed by atoms with Crippen molar-refractivity contribution in [3.05, 3.63) is 32.3 Å². The van der Waals surface area contributed by atoms with Crippen LogP contribution in [0.25, 0.3) is 0 Å². The Balaban J connectivity index is 3.41. The number of rotatable bonds is 4. The van der Waals surface area contributed by atoms with Crippen molar-refractivity contribution in [1.29, 1.82) is 5.26 Å². The highest BCUT2D eigenvalue weighted by molar-refractivity contribution is 7.89. The summed E-state index contributed by atoms with van der Waals surface area (Å²) in [5, 5.41) is 18.1. The second kappa shape index (κ2) is 5.49. The van der Waals surface area contributed by atoms with Crippen LogP contribution in [-0.2, 0) is 10.0 Å². The Hall–Kier alpha value is -1.40. The number of hydrogen-bond acceptors (Lipinski definition) is 5. The van der Waals surface area contributed by atoms with E-state index in [0.717, 1.165) is 12.1 Å². The fraction of sp³-hybridized carbons (Fsp3) is 0.125. The summed E-state index contributed by atoms with van der Waals surface area (Å²) in [4.78, 5) is 9.32. The van der Waals surface area contributed by atoms with E-state index in [1.807, 2.05) is 4.72 Å². The summed E-state index contributed by atoms with van der Waals surface area (Å²) in [6.45, 7) is -0.477. The van der Waals surface area contributed by atoms with E-state index in [1.165, 1.54) is 0 Å². The number of sulfonamides is 1. The molecule has 1 aromatic carbocycles. The highest BCUT2D eigenvalue weighted by Gasteiger charge is 2.27. The molecule has 1 N–H and O–H groups in total. The van der Waals surface area contributed by atoms with E-state index in [-0.39, 0.29) is 5.02 Å². The van der Waals surface area contributed by atoms with E-state index in [0.29, 0.717) is 0 Å². The molecule has 0 aliphatic rings. The van der Waals surface area contributed by atoms with Crippen LogP contribution in [0.15, 0.2) is 17.0 Å². The minimum absolute atomic E-state index is 0.274. The molecule has 7 nitrogen and oxygen atoms in total. The Labute approximate surface area is 112 Å². The van der Waals surface area contributed by atoms with Gasteiger partial charge < -0.3 is 0 Å². The monoisotopic (exact) mass is 309 g/mol. The number of halogens is 2. The number of nitro benzene ring substituents is 1. The molecule has 0 spiro atoms. The maximum absolute atomic E-state index is 11.7. The van der Waals surface area contributed by atoms with Crippen LogP contribution in [0.4, 0.5) is 5.69 Å². The maximum Gasteiger partial charge on any atom is 0.307 e. The van der Waals surface area contributed by atoms with E-state index in [2.05, 4.69) is 0 Å². The highest BCUT2D eigenvalue weighted by atomic mass is 35.5. The van der Waals surface area contributed by atoms with E-state index in [4.69, 9.17) is 28.5 Å². The standard InChI is InChI=1S/C8H5Cl2N3O4S/c9-5-1-2-6(7(10)8(5)13(14)15)18(16,17)12-4-3-11/h1-2,12H,4H2. The molecule has 0 atom stereocenters. The van der Waals surface area contributed by atoms with E-state index < -0.39 is 37.1 Å². The van der Waals surface area contributed by atoms with Crippen LogP contribution >= 0.6 is 23.2 Å². The number of nitriles is 1. The van der Waals surface area contributed by atoms with Gasteiger partial charge in [-0.25, -0.2) is 8.42 Å². The van der Waals surface area contributed by atoms with Gasteiger partial charge in [0.1, 0.15) is 14.9 Å². The molecular weight excluding hydrogens is 305 g/mol. The first-order valence-corrected chi connectivity index (χ1v) is 6.54. The quantitative estimate of drug-likeness (QED) is 0.516. The van der Waals surface area contributed by atoms with Gasteiger partial charge in [0.05, 0.1) is 17.5 Å². The number of benzene rings is 1. The number of nitro groups is 1. The second-order valence-corrected chi connectivity index (χ2v) is 5.47. The molecule has 0 aliphatic carbocycles. The van der Waals surface area contributed by atoms with Gasteiger partial charge in [-0.05, 0) is 12.1 Å². The van der Waals surface area contributed by atoms with Crippen LogP contribution in [0.3, 0.4) is 0 Å². The lowest BCUT2D eigenvalue weighted by atomic mass is 10.3. The summed E-state index contributed by atoms with van der Waals surface area (Å²) in [5.41, 5.74) is -0.696. The Bertz CT molecular complexity index is 638. The van der Waals surface area contributed by atoms with Crippen LogP contribution in [-0.4, -0.2) is 19.9 Å². The van der Waals surface area contributed by atoms with Crippen molar-refractivity contribution in [3.63, 3.8) is 0 Å². The molecule has 0 radical (unpaired) electrons. The zero-order chi connectivity index (χ0) is 13.9. The fourth-order valence-electron chi connectivity index (χ4n) is 1.10. The molecule has 1 aromatic rings. The zero-order valence-electron chi connectivity index (χ0n) is 8.55.